The lowest BCUT2D eigenvalue weighted by atomic mass is 10.0. The maximum atomic E-state index is 4.68. The van der Waals surface area contributed by atoms with Gasteiger partial charge in [0.05, 0.1) is 0 Å². The normalized spacial score (nSPS) is 23.4. The van der Waals surface area contributed by atoms with Gasteiger partial charge in [0.25, 0.3) is 0 Å². The molecule has 1 aliphatic rings. The molecule has 2 rings (SSSR count). The van der Waals surface area contributed by atoms with Crippen LogP contribution in [-0.4, -0.2) is 29.1 Å². The van der Waals surface area contributed by atoms with Crippen molar-refractivity contribution in [1.29, 1.82) is 0 Å². The molecule has 4 heteroatoms. The molecule has 2 atom stereocenters. The SMILES string of the molecule is Cc1nc(N2CC(C)C(C)C2)ncc1CNC(C)C. The van der Waals surface area contributed by atoms with Crippen LogP contribution in [0.2, 0.25) is 0 Å². The van der Waals surface area contributed by atoms with Crippen LogP contribution in [0.5, 0.6) is 0 Å². The summed E-state index contributed by atoms with van der Waals surface area (Å²) in [5, 5.41) is 3.41. The minimum Gasteiger partial charge on any atom is -0.340 e. The van der Waals surface area contributed by atoms with Gasteiger partial charge in [0, 0.05) is 43.1 Å². The van der Waals surface area contributed by atoms with Crippen molar-refractivity contribution in [2.45, 2.75) is 47.2 Å². The summed E-state index contributed by atoms with van der Waals surface area (Å²) in [7, 11) is 0. The average molecular weight is 262 g/mol. The predicted molar refractivity (Wildman–Crippen MR) is 79.3 cm³/mol. The topological polar surface area (TPSA) is 41.1 Å². The van der Waals surface area contributed by atoms with Gasteiger partial charge in [-0.3, -0.25) is 0 Å². The van der Waals surface area contributed by atoms with Crippen molar-refractivity contribution in [2.24, 2.45) is 11.8 Å². The van der Waals surface area contributed by atoms with Crippen LogP contribution in [0.4, 0.5) is 5.95 Å². The summed E-state index contributed by atoms with van der Waals surface area (Å²) >= 11 is 0. The van der Waals surface area contributed by atoms with Gasteiger partial charge < -0.3 is 10.2 Å². The second-order valence-electron chi connectivity index (χ2n) is 6.18. The van der Waals surface area contributed by atoms with Crippen LogP contribution in [0.15, 0.2) is 6.20 Å². The molecule has 1 N–H and O–H groups in total. The van der Waals surface area contributed by atoms with Crippen molar-refractivity contribution < 1.29 is 0 Å². The van der Waals surface area contributed by atoms with Gasteiger partial charge in [-0.1, -0.05) is 27.7 Å². The van der Waals surface area contributed by atoms with Gasteiger partial charge >= 0.3 is 0 Å². The van der Waals surface area contributed by atoms with Crippen LogP contribution in [-0.2, 0) is 6.54 Å². The minimum atomic E-state index is 0.486. The molecule has 1 fully saturated rings. The Morgan fingerprint density at radius 2 is 1.95 bits per heavy atom. The van der Waals surface area contributed by atoms with Gasteiger partial charge in [-0.15, -0.1) is 0 Å². The van der Waals surface area contributed by atoms with Crippen molar-refractivity contribution >= 4 is 5.95 Å². The Morgan fingerprint density at radius 3 is 2.47 bits per heavy atom. The summed E-state index contributed by atoms with van der Waals surface area (Å²) in [6, 6.07) is 0.486. The maximum Gasteiger partial charge on any atom is 0.225 e. The highest BCUT2D eigenvalue weighted by Gasteiger charge is 2.27. The maximum absolute atomic E-state index is 4.68. The van der Waals surface area contributed by atoms with E-state index in [0.29, 0.717) is 6.04 Å². The smallest absolute Gasteiger partial charge is 0.225 e. The zero-order valence-electron chi connectivity index (χ0n) is 12.8. The van der Waals surface area contributed by atoms with Crippen molar-refractivity contribution in [3.8, 4) is 0 Å². The van der Waals surface area contributed by atoms with E-state index in [9.17, 15) is 0 Å². The van der Waals surface area contributed by atoms with E-state index in [4.69, 9.17) is 0 Å². The first kappa shape index (κ1) is 14.3. The summed E-state index contributed by atoms with van der Waals surface area (Å²) in [6.07, 6.45) is 1.97. The fourth-order valence-electron chi connectivity index (χ4n) is 2.41. The largest absolute Gasteiger partial charge is 0.340 e. The van der Waals surface area contributed by atoms with E-state index in [1.807, 2.05) is 6.20 Å². The molecule has 0 bridgehead atoms. The molecule has 106 valence electrons. The molecule has 0 radical (unpaired) electrons. The summed E-state index contributed by atoms with van der Waals surface area (Å²) in [5.74, 6) is 2.35. The van der Waals surface area contributed by atoms with Gasteiger partial charge in [-0.05, 0) is 18.8 Å². The average Bonchev–Trinajstić information content (AvgIpc) is 2.68. The monoisotopic (exact) mass is 262 g/mol. The number of hydrogen-bond donors (Lipinski definition) is 1. The van der Waals surface area contributed by atoms with Gasteiger partial charge in [0.1, 0.15) is 0 Å². The van der Waals surface area contributed by atoms with E-state index in [1.54, 1.807) is 0 Å². The Bertz CT molecular complexity index is 420. The second kappa shape index (κ2) is 5.87. The predicted octanol–water partition coefficient (Wildman–Crippen LogP) is 2.38. The molecule has 1 aromatic rings. The van der Waals surface area contributed by atoms with Crippen LogP contribution < -0.4 is 10.2 Å². The molecule has 4 nitrogen and oxygen atoms in total. The number of aryl methyl sites for hydroxylation is 1. The van der Waals surface area contributed by atoms with Gasteiger partial charge in [-0.25, -0.2) is 9.97 Å². The third-order valence-corrected chi connectivity index (χ3v) is 4.04. The van der Waals surface area contributed by atoms with Crippen molar-refractivity contribution in [3.05, 3.63) is 17.5 Å². The molecular weight excluding hydrogens is 236 g/mol. The van der Waals surface area contributed by atoms with E-state index in [2.05, 4.69) is 54.8 Å². The lowest BCUT2D eigenvalue weighted by Gasteiger charge is -2.17. The number of rotatable bonds is 4. The highest BCUT2D eigenvalue weighted by Crippen LogP contribution is 2.25. The third-order valence-electron chi connectivity index (χ3n) is 4.04. The Labute approximate surface area is 116 Å². The zero-order chi connectivity index (χ0) is 14.0. The first-order valence-electron chi connectivity index (χ1n) is 7.28. The molecule has 0 aliphatic carbocycles. The molecule has 1 saturated heterocycles. The highest BCUT2D eigenvalue weighted by atomic mass is 15.3. The molecule has 1 aromatic heterocycles. The Hall–Kier alpha value is -1.16. The molecule has 2 unspecified atom stereocenters. The van der Waals surface area contributed by atoms with Crippen LogP contribution in [0, 0.1) is 18.8 Å². The van der Waals surface area contributed by atoms with Crippen molar-refractivity contribution in [1.82, 2.24) is 15.3 Å². The molecule has 0 aromatic carbocycles. The van der Waals surface area contributed by atoms with Gasteiger partial charge in [0.2, 0.25) is 5.95 Å². The molecular formula is C15H26N4. The van der Waals surface area contributed by atoms with Gasteiger partial charge in [-0.2, -0.15) is 0 Å². The highest BCUT2D eigenvalue weighted by molar-refractivity contribution is 5.34. The van der Waals surface area contributed by atoms with E-state index in [-0.39, 0.29) is 0 Å². The zero-order valence-corrected chi connectivity index (χ0v) is 12.8. The van der Waals surface area contributed by atoms with Crippen LogP contribution in [0.3, 0.4) is 0 Å². The molecule has 0 saturated carbocycles. The molecule has 19 heavy (non-hydrogen) atoms. The summed E-state index contributed by atoms with van der Waals surface area (Å²) in [6.45, 7) is 14.0. The van der Waals surface area contributed by atoms with Crippen LogP contribution in [0.25, 0.3) is 0 Å². The first-order valence-corrected chi connectivity index (χ1v) is 7.28. The van der Waals surface area contributed by atoms with Gasteiger partial charge in [0.15, 0.2) is 0 Å². The fourth-order valence-corrected chi connectivity index (χ4v) is 2.41. The molecule has 2 heterocycles. The summed E-state index contributed by atoms with van der Waals surface area (Å²) < 4.78 is 0. The molecule has 1 aliphatic heterocycles. The lowest BCUT2D eigenvalue weighted by Crippen LogP contribution is -2.25. The third kappa shape index (κ3) is 3.44. The first-order chi connectivity index (χ1) is 8.97. The van der Waals surface area contributed by atoms with Crippen molar-refractivity contribution in [3.63, 3.8) is 0 Å². The van der Waals surface area contributed by atoms with E-state index in [0.717, 1.165) is 43.1 Å². The summed E-state index contributed by atoms with van der Waals surface area (Å²) in [4.78, 5) is 11.5. The second-order valence-corrected chi connectivity index (χ2v) is 6.18. The standard InChI is InChI=1S/C15H26N4/c1-10(2)16-6-14-7-17-15(18-13(14)5)19-8-11(3)12(4)9-19/h7,10-12,16H,6,8-9H2,1-5H3. The van der Waals surface area contributed by atoms with E-state index < -0.39 is 0 Å². The molecule has 0 amide bonds. The van der Waals surface area contributed by atoms with Crippen LogP contribution in [0.1, 0.15) is 39.0 Å². The number of nitrogens with one attached hydrogen (secondary N) is 1. The number of nitrogens with zero attached hydrogens (tertiary/aromatic N) is 3. The Morgan fingerprint density at radius 1 is 1.32 bits per heavy atom. The Balaban J connectivity index is 2.06. The number of hydrogen-bond acceptors (Lipinski definition) is 4. The lowest BCUT2D eigenvalue weighted by molar-refractivity contribution is 0.494. The van der Waals surface area contributed by atoms with Crippen molar-refractivity contribution in [2.75, 3.05) is 18.0 Å². The number of aromatic nitrogens is 2. The quantitative estimate of drug-likeness (QED) is 0.904. The van der Waals surface area contributed by atoms with Crippen LogP contribution >= 0.6 is 0 Å². The fraction of sp³-hybridized carbons (Fsp3) is 0.733. The minimum absolute atomic E-state index is 0.486. The van der Waals surface area contributed by atoms with E-state index in [1.165, 1.54) is 5.56 Å². The molecule has 0 spiro atoms. The summed E-state index contributed by atoms with van der Waals surface area (Å²) in [5.41, 5.74) is 2.28. The number of anilines is 1. The Kier molecular flexibility index (Phi) is 4.40. The van der Waals surface area contributed by atoms with E-state index >= 15 is 0 Å².